The van der Waals surface area contributed by atoms with E-state index in [1.807, 2.05) is 31.2 Å². The Morgan fingerprint density at radius 2 is 1.73 bits per heavy atom. The second kappa shape index (κ2) is 10.9. The Morgan fingerprint density at radius 1 is 1.04 bits per heavy atom. The zero-order valence-corrected chi connectivity index (χ0v) is 16.7. The van der Waals surface area contributed by atoms with Crippen molar-refractivity contribution in [1.82, 2.24) is 10.2 Å². The number of aromatic nitrogens is 2. The molecule has 0 fully saturated rings. The zero-order chi connectivity index (χ0) is 18.8. The van der Waals surface area contributed by atoms with E-state index < -0.39 is 0 Å². The van der Waals surface area contributed by atoms with Crippen LogP contribution in [-0.2, 0) is 16.0 Å². The predicted octanol–water partition coefficient (Wildman–Crippen LogP) is 3.89. The van der Waals surface area contributed by atoms with Crippen LogP contribution in [0.3, 0.4) is 0 Å². The lowest BCUT2D eigenvalue weighted by Gasteiger charge is -2.05. The summed E-state index contributed by atoms with van der Waals surface area (Å²) in [5.74, 6) is 0.126. The molecule has 0 aliphatic heterocycles. The maximum absolute atomic E-state index is 11.9. The van der Waals surface area contributed by atoms with Gasteiger partial charge in [-0.15, -0.1) is 22.0 Å². The highest BCUT2D eigenvalue weighted by Gasteiger charge is 2.10. The number of hydrogen-bond acceptors (Lipinski definition) is 6. The molecule has 2 aromatic rings. The van der Waals surface area contributed by atoms with Gasteiger partial charge in [-0.25, -0.2) is 0 Å². The van der Waals surface area contributed by atoms with Crippen molar-refractivity contribution in [3.8, 4) is 0 Å². The van der Waals surface area contributed by atoms with Gasteiger partial charge >= 0.3 is 0 Å². The SMILES string of the molecule is CCCCCc1nnc(NC(=O)CSCC(=O)Nc2ccc(C)cc2)s1. The third-order valence-corrected chi connectivity index (χ3v) is 5.34. The quantitative estimate of drug-likeness (QED) is 0.599. The zero-order valence-electron chi connectivity index (χ0n) is 15.1. The summed E-state index contributed by atoms with van der Waals surface area (Å²) >= 11 is 2.68. The molecule has 0 unspecified atom stereocenters. The van der Waals surface area contributed by atoms with E-state index in [9.17, 15) is 9.59 Å². The number of rotatable bonds is 10. The van der Waals surface area contributed by atoms with Gasteiger partial charge in [-0.1, -0.05) is 48.8 Å². The molecule has 0 atom stereocenters. The highest BCUT2D eigenvalue weighted by molar-refractivity contribution is 8.00. The summed E-state index contributed by atoms with van der Waals surface area (Å²) in [4.78, 5) is 23.8. The van der Waals surface area contributed by atoms with E-state index >= 15 is 0 Å². The van der Waals surface area contributed by atoms with E-state index in [2.05, 4.69) is 27.8 Å². The van der Waals surface area contributed by atoms with Crippen molar-refractivity contribution >= 4 is 45.7 Å². The molecule has 26 heavy (non-hydrogen) atoms. The second-order valence-electron chi connectivity index (χ2n) is 5.91. The van der Waals surface area contributed by atoms with Crippen molar-refractivity contribution in [2.75, 3.05) is 22.1 Å². The average Bonchev–Trinajstić information content (AvgIpc) is 3.04. The Labute approximate surface area is 162 Å². The summed E-state index contributed by atoms with van der Waals surface area (Å²) in [6.07, 6.45) is 4.32. The van der Waals surface area contributed by atoms with Gasteiger partial charge in [0.2, 0.25) is 16.9 Å². The smallest absolute Gasteiger partial charge is 0.236 e. The first kappa shape index (κ1) is 20.4. The summed E-state index contributed by atoms with van der Waals surface area (Å²) in [6.45, 7) is 4.15. The molecule has 0 radical (unpaired) electrons. The maximum Gasteiger partial charge on any atom is 0.236 e. The molecule has 1 aromatic heterocycles. The van der Waals surface area contributed by atoms with Gasteiger partial charge in [0.1, 0.15) is 5.01 Å². The van der Waals surface area contributed by atoms with Crippen molar-refractivity contribution in [2.24, 2.45) is 0 Å². The van der Waals surface area contributed by atoms with E-state index in [4.69, 9.17) is 0 Å². The van der Waals surface area contributed by atoms with Gasteiger partial charge in [0.05, 0.1) is 11.5 Å². The number of carbonyl (C=O) groups is 2. The molecular weight excluding hydrogens is 368 g/mol. The molecule has 6 nitrogen and oxygen atoms in total. The van der Waals surface area contributed by atoms with E-state index in [1.54, 1.807) is 0 Å². The lowest BCUT2D eigenvalue weighted by Crippen LogP contribution is -2.18. The molecular formula is C18H24N4O2S2. The molecule has 2 amide bonds. The van der Waals surface area contributed by atoms with Crippen LogP contribution >= 0.6 is 23.1 Å². The molecule has 140 valence electrons. The molecule has 2 rings (SSSR count). The van der Waals surface area contributed by atoms with Crippen molar-refractivity contribution in [2.45, 2.75) is 39.5 Å². The first-order valence-electron chi connectivity index (χ1n) is 8.63. The Morgan fingerprint density at radius 3 is 2.42 bits per heavy atom. The number of hydrogen-bond donors (Lipinski definition) is 2. The largest absolute Gasteiger partial charge is 0.325 e. The fourth-order valence-electron chi connectivity index (χ4n) is 2.16. The van der Waals surface area contributed by atoms with Crippen molar-refractivity contribution in [3.05, 3.63) is 34.8 Å². The number of unbranched alkanes of at least 4 members (excludes halogenated alkanes) is 2. The minimum absolute atomic E-state index is 0.124. The Kier molecular flexibility index (Phi) is 8.57. The summed E-state index contributed by atoms with van der Waals surface area (Å²) < 4.78 is 0. The third kappa shape index (κ3) is 7.53. The van der Waals surface area contributed by atoms with Gasteiger partial charge in [-0.3, -0.25) is 14.9 Å². The molecule has 2 N–H and O–H groups in total. The van der Waals surface area contributed by atoms with Gasteiger partial charge in [-0.2, -0.15) is 0 Å². The monoisotopic (exact) mass is 392 g/mol. The summed E-state index contributed by atoms with van der Waals surface area (Å²) in [5.41, 5.74) is 1.90. The van der Waals surface area contributed by atoms with Crippen molar-refractivity contribution in [1.29, 1.82) is 0 Å². The topological polar surface area (TPSA) is 84.0 Å². The molecule has 0 bridgehead atoms. The molecule has 0 aliphatic carbocycles. The molecule has 0 spiro atoms. The molecule has 8 heteroatoms. The lowest BCUT2D eigenvalue weighted by atomic mass is 10.2. The first-order valence-corrected chi connectivity index (χ1v) is 10.6. The van der Waals surface area contributed by atoms with Gasteiger partial charge < -0.3 is 5.32 Å². The third-order valence-electron chi connectivity index (χ3n) is 3.51. The molecule has 0 saturated carbocycles. The number of thioether (sulfide) groups is 1. The number of benzene rings is 1. The highest BCUT2D eigenvalue weighted by atomic mass is 32.2. The fraction of sp³-hybridized carbons (Fsp3) is 0.444. The highest BCUT2D eigenvalue weighted by Crippen LogP contribution is 2.18. The number of nitrogens with one attached hydrogen (secondary N) is 2. The van der Waals surface area contributed by atoms with Crippen LogP contribution in [0.4, 0.5) is 10.8 Å². The number of aryl methyl sites for hydroxylation is 2. The Bertz CT molecular complexity index is 716. The number of carbonyl (C=O) groups excluding carboxylic acids is 2. The van der Waals surface area contributed by atoms with E-state index in [1.165, 1.54) is 29.5 Å². The molecule has 0 aliphatic rings. The number of amides is 2. The van der Waals surface area contributed by atoms with E-state index in [0.29, 0.717) is 5.13 Å². The molecule has 0 saturated heterocycles. The standard InChI is InChI=1S/C18H24N4O2S2/c1-3-4-5-6-17-21-22-18(26-17)20-16(24)12-25-11-15(23)19-14-9-7-13(2)8-10-14/h7-10H,3-6,11-12H2,1-2H3,(H,19,23)(H,20,22,24). The van der Waals surface area contributed by atoms with Gasteiger partial charge in [0.15, 0.2) is 0 Å². The minimum Gasteiger partial charge on any atom is -0.325 e. The summed E-state index contributed by atoms with van der Waals surface area (Å²) in [7, 11) is 0. The van der Waals surface area contributed by atoms with E-state index in [0.717, 1.165) is 35.5 Å². The van der Waals surface area contributed by atoms with Crippen LogP contribution in [0.15, 0.2) is 24.3 Å². The lowest BCUT2D eigenvalue weighted by molar-refractivity contribution is -0.114. The summed E-state index contributed by atoms with van der Waals surface area (Å²) in [5, 5.41) is 15.1. The van der Waals surface area contributed by atoms with Gasteiger partial charge in [-0.05, 0) is 25.5 Å². The molecule has 1 aromatic carbocycles. The fourth-order valence-corrected chi connectivity index (χ4v) is 3.57. The Hall–Kier alpha value is -1.93. The normalized spacial score (nSPS) is 10.5. The maximum atomic E-state index is 11.9. The van der Waals surface area contributed by atoms with Crippen LogP contribution in [0, 0.1) is 6.92 Å². The average molecular weight is 393 g/mol. The van der Waals surface area contributed by atoms with Crippen LogP contribution in [0.5, 0.6) is 0 Å². The van der Waals surface area contributed by atoms with Crippen molar-refractivity contribution in [3.63, 3.8) is 0 Å². The second-order valence-corrected chi connectivity index (χ2v) is 7.96. The summed E-state index contributed by atoms with van der Waals surface area (Å²) in [6, 6.07) is 7.60. The molecule has 1 heterocycles. The van der Waals surface area contributed by atoms with Crippen LogP contribution in [0.2, 0.25) is 0 Å². The Balaban J connectivity index is 1.65. The van der Waals surface area contributed by atoms with Gasteiger partial charge in [0, 0.05) is 12.1 Å². The first-order chi connectivity index (χ1) is 12.6. The van der Waals surface area contributed by atoms with E-state index in [-0.39, 0.29) is 23.3 Å². The number of anilines is 2. The van der Waals surface area contributed by atoms with Crippen LogP contribution in [0.25, 0.3) is 0 Å². The van der Waals surface area contributed by atoms with Crippen LogP contribution in [0.1, 0.15) is 36.8 Å². The number of nitrogens with zero attached hydrogens (tertiary/aromatic N) is 2. The predicted molar refractivity (Wildman–Crippen MR) is 109 cm³/mol. The minimum atomic E-state index is -0.172. The van der Waals surface area contributed by atoms with Crippen LogP contribution in [-0.4, -0.2) is 33.5 Å². The van der Waals surface area contributed by atoms with Crippen LogP contribution < -0.4 is 10.6 Å². The van der Waals surface area contributed by atoms with Gasteiger partial charge in [0.25, 0.3) is 0 Å². The van der Waals surface area contributed by atoms with Crippen molar-refractivity contribution < 1.29 is 9.59 Å².